The van der Waals surface area contributed by atoms with Crippen molar-refractivity contribution in [1.82, 2.24) is 4.72 Å². The van der Waals surface area contributed by atoms with Crippen LogP contribution in [0.1, 0.15) is 5.56 Å². The highest BCUT2D eigenvalue weighted by atomic mass is 32.2. The number of rotatable bonds is 3. The molecule has 0 atom stereocenters. The van der Waals surface area contributed by atoms with Gasteiger partial charge in [0.15, 0.2) is 0 Å². The van der Waals surface area contributed by atoms with Crippen molar-refractivity contribution in [3.05, 3.63) is 59.9 Å². The van der Waals surface area contributed by atoms with Gasteiger partial charge in [0.2, 0.25) is 0 Å². The Kier molecular flexibility index (Phi) is 4.41. The van der Waals surface area contributed by atoms with Crippen LogP contribution < -0.4 is 10.0 Å². The molecule has 2 aromatic rings. The average molecular weight is 276 g/mol. The van der Waals surface area contributed by atoms with Gasteiger partial charge in [0, 0.05) is 10.6 Å². The van der Waals surface area contributed by atoms with Crippen LogP contribution in [-0.4, -0.2) is 6.03 Å². The molecule has 0 aliphatic rings. The van der Waals surface area contributed by atoms with E-state index >= 15 is 0 Å². The lowest BCUT2D eigenvalue weighted by molar-refractivity contribution is 0.257. The molecule has 2 rings (SSSR count). The van der Waals surface area contributed by atoms with Gasteiger partial charge in [0.1, 0.15) is 5.82 Å². The Hall–Kier alpha value is -2.01. The standard InChI is InChI=1S/C14H13FN2OS/c1-10-5-7-13(8-6-10)19-17-14(18)16-12-4-2-3-11(15)9-12/h2-9H,1H3,(H2,16,17,18). The maximum atomic E-state index is 12.9. The number of amides is 2. The zero-order valence-corrected chi connectivity index (χ0v) is 11.1. The smallest absolute Gasteiger partial charge is 0.307 e. The monoisotopic (exact) mass is 276 g/mol. The van der Waals surface area contributed by atoms with E-state index in [1.807, 2.05) is 31.2 Å². The molecule has 0 unspecified atom stereocenters. The van der Waals surface area contributed by atoms with Gasteiger partial charge in [-0.1, -0.05) is 23.8 Å². The topological polar surface area (TPSA) is 41.1 Å². The highest BCUT2D eigenvalue weighted by molar-refractivity contribution is 7.98. The molecule has 98 valence electrons. The second kappa shape index (κ2) is 6.24. The molecule has 0 bridgehead atoms. The van der Waals surface area contributed by atoms with Crippen LogP contribution in [0.25, 0.3) is 0 Å². The fourth-order valence-electron chi connectivity index (χ4n) is 1.43. The van der Waals surface area contributed by atoms with E-state index in [-0.39, 0.29) is 5.82 Å². The van der Waals surface area contributed by atoms with Gasteiger partial charge in [0.05, 0.1) is 0 Å². The lowest BCUT2D eigenvalue weighted by atomic mass is 10.2. The maximum Gasteiger partial charge on any atom is 0.329 e. The van der Waals surface area contributed by atoms with E-state index in [1.54, 1.807) is 6.07 Å². The van der Waals surface area contributed by atoms with Crippen LogP contribution in [0.15, 0.2) is 53.4 Å². The first-order chi connectivity index (χ1) is 9.13. The summed E-state index contributed by atoms with van der Waals surface area (Å²) in [7, 11) is 0. The summed E-state index contributed by atoms with van der Waals surface area (Å²) >= 11 is 1.20. The number of hydrogen-bond donors (Lipinski definition) is 2. The zero-order chi connectivity index (χ0) is 13.7. The third kappa shape index (κ3) is 4.30. The Bertz CT molecular complexity index is 572. The molecule has 2 amide bonds. The van der Waals surface area contributed by atoms with Crippen molar-refractivity contribution in [3.63, 3.8) is 0 Å². The molecule has 0 aliphatic heterocycles. The highest BCUT2D eigenvalue weighted by Gasteiger charge is 2.03. The van der Waals surface area contributed by atoms with Gasteiger partial charge < -0.3 is 5.32 Å². The average Bonchev–Trinajstić information content (AvgIpc) is 2.38. The number of urea groups is 1. The molecule has 0 fully saturated rings. The van der Waals surface area contributed by atoms with Gasteiger partial charge in [0.25, 0.3) is 0 Å². The minimum absolute atomic E-state index is 0.385. The maximum absolute atomic E-state index is 12.9. The minimum Gasteiger partial charge on any atom is -0.307 e. The second-order valence-corrected chi connectivity index (χ2v) is 4.86. The number of carbonyl (C=O) groups is 1. The van der Waals surface area contributed by atoms with E-state index in [0.29, 0.717) is 5.69 Å². The van der Waals surface area contributed by atoms with E-state index in [4.69, 9.17) is 0 Å². The fraction of sp³-hybridized carbons (Fsp3) is 0.0714. The van der Waals surface area contributed by atoms with Gasteiger partial charge in [-0.15, -0.1) is 0 Å². The molecule has 3 nitrogen and oxygen atoms in total. The molecule has 0 aromatic heterocycles. The highest BCUT2D eigenvalue weighted by Crippen LogP contribution is 2.15. The molecule has 0 spiro atoms. The Morgan fingerprint density at radius 1 is 1.16 bits per heavy atom. The summed E-state index contributed by atoms with van der Waals surface area (Å²) in [6, 6.07) is 13.1. The number of hydrogen-bond acceptors (Lipinski definition) is 2. The number of benzene rings is 2. The first kappa shape index (κ1) is 13.4. The van der Waals surface area contributed by atoms with E-state index < -0.39 is 6.03 Å². The van der Waals surface area contributed by atoms with Crippen molar-refractivity contribution >= 4 is 23.7 Å². The summed E-state index contributed by atoms with van der Waals surface area (Å²) < 4.78 is 15.6. The van der Waals surface area contributed by atoms with E-state index in [9.17, 15) is 9.18 Å². The van der Waals surface area contributed by atoms with Crippen LogP contribution in [0, 0.1) is 12.7 Å². The van der Waals surface area contributed by atoms with Crippen LogP contribution >= 0.6 is 11.9 Å². The van der Waals surface area contributed by atoms with Gasteiger partial charge in [-0.05, 0) is 49.2 Å². The van der Waals surface area contributed by atoms with Gasteiger partial charge in [-0.2, -0.15) is 0 Å². The fourth-order valence-corrected chi connectivity index (χ4v) is 1.97. The van der Waals surface area contributed by atoms with Crippen molar-refractivity contribution in [2.45, 2.75) is 11.8 Å². The summed E-state index contributed by atoms with van der Waals surface area (Å²) in [6.07, 6.45) is 0. The number of halogens is 1. The summed E-state index contributed by atoms with van der Waals surface area (Å²) in [4.78, 5) is 12.5. The van der Waals surface area contributed by atoms with Crippen LogP contribution in [0.4, 0.5) is 14.9 Å². The van der Waals surface area contributed by atoms with Gasteiger partial charge >= 0.3 is 6.03 Å². The summed E-state index contributed by atoms with van der Waals surface area (Å²) in [6.45, 7) is 2.00. The van der Waals surface area contributed by atoms with Crippen LogP contribution in [0.2, 0.25) is 0 Å². The molecule has 5 heteroatoms. The molecule has 0 heterocycles. The first-order valence-electron chi connectivity index (χ1n) is 5.69. The quantitative estimate of drug-likeness (QED) is 0.833. The van der Waals surface area contributed by atoms with Crippen LogP contribution in [0.3, 0.4) is 0 Å². The Morgan fingerprint density at radius 3 is 2.58 bits per heavy atom. The van der Waals surface area contributed by atoms with Crippen LogP contribution in [-0.2, 0) is 0 Å². The third-order valence-corrected chi connectivity index (χ3v) is 3.16. The van der Waals surface area contributed by atoms with Gasteiger partial charge in [-0.25, -0.2) is 9.18 Å². The van der Waals surface area contributed by atoms with Crippen molar-refractivity contribution in [1.29, 1.82) is 0 Å². The molecule has 19 heavy (non-hydrogen) atoms. The molecule has 2 N–H and O–H groups in total. The Morgan fingerprint density at radius 2 is 1.89 bits per heavy atom. The lowest BCUT2D eigenvalue weighted by Gasteiger charge is -2.07. The summed E-state index contributed by atoms with van der Waals surface area (Å²) in [5, 5.41) is 2.55. The largest absolute Gasteiger partial charge is 0.329 e. The Balaban J connectivity index is 1.86. The predicted molar refractivity (Wildman–Crippen MR) is 75.6 cm³/mol. The summed E-state index contributed by atoms with van der Waals surface area (Å²) in [5.74, 6) is -0.385. The van der Waals surface area contributed by atoms with E-state index in [0.717, 1.165) is 10.5 Å². The van der Waals surface area contributed by atoms with Crippen molar-refractivity contribution in [2.24, 2.45) is 0 Å². The lowest BCUT2D eigenvalue weighted by Crippen LogP contribution is -2.22. The second-order valence-electron chi connectivity index (χ2n) is 3.98. The normalized spacial score (nSPS) is 10.0. The zero-order valence-electron chi connectivity index (χ0n) is 10.3. The van der Waals surface area contributed by atoms with Gasteiger partial charge in [-0.3, -0.25) is 4.72 Å². The van der Waals surface area contributed by atoms with E-state index in [1.165, 1.54) is 30.1 Å². The SMILES string of the molecule is Cc1ccc(SNC(=O)Nc2cccc(F)c2)cc1. The van der Waals surface area contributed by atoms with Crippen molar-refractivity contribution in [3.8, 4) is 0 Å². The number of aryl methyl sites for hydroxylation is 1. The third-order valence-electron chi connectivity index (χ3n) is 2.37. The van der Waals surface area contributed by atoms with Crippen molar-refractivity contribution in [2.75, 3.05) is 5.32 Å². The first-order valence-corrected chi connectivity index (χ1v) is 6.51. The molecule has 0 aliphatic carbocycles. The van der Waals surface area contributed by atoms with Crippen LogP contribution in [0.5, 0.6) is 0 Å². The van der Waals surface area contributed by atoms with E-state index in [2.05, 4.69) is 10.0 Å². The molecule has 2 aromatic carbocycles. The predicted octanol–water partition coefficient (Wildman–Crippen LogP) is 3.96. The minimum atomic E-state index is -0.392. The summed E-state index contributed by atoms with van der Waals surface area (Å²) in [5.41, 5.74) is 1.58. The number of anilines is 1. The molecule has 0 saturated carbocycles. The Labute approximate surface area is 115 Å². The van der Waals surface area contributed by atoms with Crippen molar-refractivity contribution < 1.29 is 9.18 Å². The molecular weight excluding hydrogens is 263 g/mol. The molecule has 0 radical (unpaired) electrons. The molecular formula is C14H13FN2OS. The molecule has 0 saturated heterocycles. The number of nitrogens with one attached hydrogen (secondary N) is 2. The number of carbonyl (C=O) groups excluding carboxylic acids is 1.